The smallest absolute Gasteiger partial charge is 0.336 e. The summed E-state index contributed by atoms with van der Waals surface area (Å²) >= 11 is 12.4. The number of rotatable bonds is 9. The van der Waals surface area contributed by atoms with E-state index in [1.807, 2.05) is 32.0 Å². The van der Waals surface area contributed by atoms with Gasteiger partial charge in [0.25, 0.3) is 5.91 Å². The zero-order valence-electron chi connectivity index (χ0n) is 20.8. The maximum atomic E-state index is 12.9. The number of amides is 1. The van der Waals surface area contributed by atoms with Gasteiger partial charge in [-0.15, -0.1) is 5.10 Å². The zero-order chi connectivity index (χ0) is 26.5. The van der Waals surface area contributed by atoms with Crippen LogP contribution in [0.3, 0.4) is 0 Å². The molecule has 1 aromatic heterocycles. The van der Waals surface area contributed by atoms with Crippen LogP contribution in [0.5, 0.6) is 17.5 Å². The summed E-state index contributed by atoms with van der Waals surface area (Å²) in [5, 5.41) is 8.29. The average molecular weight is 541 g/mol. The van der Waals surface area contributed by atoms with Gasteiger partial charge >= 0.3 is 6.01 Å². The van der Waals surface area contributed by atoms with Crippen molar-refractivity contribution in [1.82, 2.24) is 14.8 Å². The predicted octanol–water partition coefficient (Wildman–Crippen LogP) is 6.55. The summed E-state index contributed by atoms with van der Waals surface area (Å²) in [4.78, 5) is 17.5. The maximum Gasteiger partial charge on any atom is 0.336 e. The summed E-state index contributed by atoms with van der Waals surface area (Å²) in [6.07, 6.45) is 0. The fraction of sp³-hybridized carbons (Fsp3) is 0.222. The molecule has 0 saturated carbocycles. The molecule has 0 spiro atoms. The van der Waals surface area contributed by atoms with E-state index in [0.29, 0.717) is 56.8 Å². The fourth-order valence-corrected chi connectivity index (χ4v) is 3.77. The minimum absolute atomic E-state index is 0.249. The van der Waals surface area contributed by atoms with E-state index in [2.05, 4.69) is 15.4 Å². The quantitative estimate of drug-likeness (QED) is 0.259. The van der Waals surface area contributed by atoms with Crippen LogP contribution >= 0.6 is 23.2 Å². The Balaban J connectivity index is 1.61. The molecule has 37 heavy (non-hydrogen) atoms. The van der Waals surface area contributed by atoms with E-state index in [1.54, 1.807) is 54.3 Å². The van der Waals surface area contributed by atoms with Gasteiger partial charge in [0, 0.05) is 17.3 Å². The van der Waals surface area contributed by atoms with Crippen LogP contribution in [0.2, 0.25) is 10.0 Å². The van der Waals surface area contributed by atoms with Crippen LogP contribution in [0.25, 0.3) is 17.1 Å². The number of hydrogen-bond acceptors (Lipinski definition) is 6. The van der Waals surface area contributed by atoms with E-state index >= 15 is 0 Å². The molecule has 1 heterocycles. The first-order valence-electron chi connectivity index (χ1n) is 11.5. The standard InChI is InChI=1S/C27H26Cl2N4O4/c1-16(2)15-37-27-31-25(17-5-12-22(28)23(29)13-17)33(32-27)19-8-6-18(7-9-19)30-26(34)21-11-10-20(35-3)14-24(21)36-4/h5-14,16H,15H2,1-4H3,(H,30,34). The van der Waals surface area contributed by atoms with Crippen LogP contribution in [0.1, 0.15) is 24.2 Å². The van der Waals surface area contributed by atoms with Gasteiger partial charge in [-0.05, 0) is 60.5 Å². The number of aromatic nitrogens is 3. The third-order valence-electron chi connectivity index (χ3n) is 5.33. The minimum atomic E-state index is -0.311. The Bertz CT molecular complexity index is 1400. The number of ether oxygens (including phenoxy) is 3. The Morgan fingerprint density at radius 3 is 2.38 bits per heavy atom. The van der Waals surface area contributed by atoms with Crippen molar-refractivity contribution in [2.45, 2.75) is 13.8 Å². The number of benzene rings is 3. The third-order valence-corrected chi connectivity index (χ3v) is 6.07. The number of carbonyl (C=O) groups is 1. The highest BCUT2D eigenvalue weighted by Gasteiger charge is 2.17. The normalized spacial score (nSPS) is 10.9. The zero-order valence-corrected chi connectivity index (χ0v) is 22.3. The highest BCUT2D eigenvalue weighted by molar-refractivity contribution is 6.42. The molecule has 0 fully saturated rings. The topological polar surface area (TPSA) is 87.5 Å². The van der Waals surface area contributed by atoms with E-state index in [4.69, 9.17) is 37.4 Å². The Labute approximate surface area is 225 Å². The summed E-state index contributed by atoms with van der Waals surface area (Å²) in [6, 6.07) is 17.7. The molecule has 0 aliphatic heterocycles. The summed E-state index contributed by atoms with van der Waals surface area (Å²) in [7, 11) is 3.06. The van der Waals surface area contributed by atoms with Crippen molar-refractivity contribution in [3.8, 4) is 34.6 Å². The number of carbonyl (C=O) groups excluding carboxylic acids is 1. The van der Waals surface area contributed by atoms with Crippen molar-refractivity contribution >= 4 is 34.8 Å². The van der Waals surface area contributed by atoms with E-state index in [9.17, 15) is 4.79 Å². The lowest BCUT2D eigenvalue weighted by Gasteiger charge is -2.11. The number of hydrogen-bond donors (Lipinski definition) is 1. The fourth-order valence-electron chi connectivity index (χ4n) is 3.47. The second-order valence-corrected chi connectivity index (χ2v) is 9.35. The number of nitrogens with one attached hydrogen (secondary N) is 1. The number of anilines is 1. The monoisotopic (exact) mass is 540 g/mol. The van der Waals surface area contributed by atoms with Gasteiger partial charge in [-0.2, -0.15) is 4.98 Å². The highest BCUT2D eigenvalue weighted by atomic mass is 35.5. The van der Waals surface area contributed by atoms with Crippen LogP contribution in [-0.4, -0.2) is 41.5 Å². The van der Waals surface area contributed by atoms with Crippen molar-refractivity contribution in [2.75, 3.05) is 26.1 Å². The van der Waals surface area contributed by atoms with Crippen molar-refractivity contribution < 1.29 is 19.0 Å². The lowest BCUT2D eigenvalue weighted by atomic mass is 10.1. The van der Waals surface area contributed by atoms with Crippen LogP contribution in [0.4, 0.5) is 5.69 Å². The van der Waals surface area contributed by atoms with Crippen molar-refractivity contribution in [1.29, 1.82) is 0 Å². The van der Waals surface area contributed by atoms with Crippen LogP contribution in [0, 0.1) is 5.92 Å². The summed E-state index contributed by atoms with van der Waals surface area (Å²) in [6.45, 7) is 4.57. The minimum Gasteiger partial charge on any atom is -0.497 e. The van der Waals surface area contributed by atoms with E-state index in [0.717, 1.165) is 5.56 Å². The molecule has 0 unspecified atom stereocenters. The second kappa shape index (κ2) is 11.5. The third kappa shape index (κ3) is 6.15. The van der Waals surface area contributed by atoms with Gasteiger partial charge in [-0.1, -0.05) is 37.0 Å². The molecule has 8 nitrogen and oxygen atoms in total. The van der Waals surface area contributed by atoms with Crippen molar-refractivity contribution in [3.05, 3.63) is 76.3 Å². The second-order valence-electron chi connectivity index (χ2n) is 8.53. The van der Waals surface area contributed by atoms with E-state index in [1.165, 1.54) is 7.11 Å². The van der Waals surface area contributed by atoms with Gasteiger partial charge in [0.05, 0.1) is 42.1 Å². The molecule has 4 aromatic rings. The lowest BCUT2D eigenvalue weighted by molar-refractivity contribution is 0.102. The van der Waals surface area contributed by atoms with Gasteiger partial charge in [-0.3, -0.25) is 4.79 Å². The average Bonchev–Trinajstić information content (AvgIpc) is 3.33. The predicted molar refractivity (Wildman–Crippen MR) is 145 cm³/mol. The first-order chi connectivity index (χ1) is 17.8. The number of nitrogens with zero attached hydrogens (tertiary/aromatic N) is 3. The van der Waals surface area contributed by atoms with Gasteiger partial charge < -0.3 is 19.5 Å². The SMILES string of the molecule is COc1ccc(C(=O)Nc2ccc(-n3nc(OCC(C)C)nc3-c3ccc(Cl)c(Cl)c3)cc2)c(OC)c1. The molecule has 3 aromatic carbocycles. The van der Waals surface area contributed by atoms with Gasteiger partial charge in [-0.25, -0.2) is 4.68 Å². The molecule has 0 aliphatic rings. The van der Waals surface area contributed by atoms with Crippen LogP contribution in [-0.2, 0) is 0 Å². The molecule has 0 radical (unpaired) electrons. The molecule has 0 saturated heterocycles. The van der Waals surface area contributed by atoms with Crippen molar-refractivity contribution in [3.63, 3.8) is 0 Å². The van der Waals surface area contributed by atoms with Gasteiger partial charge in [0.2, 0.25) is 0 Å². The highest BCUT2D eigenvalue weighted by Crippen LogP contribution is 2.31. The summed E-state index contributed by atoms with van der Waals surface area (Å²) in [5.41, 5.74) is 2.43. The van der Waals surface area contributed by atoms with E-state index in [-0.39, 0.29) is 11.9 Å². The molecular formula is C27H26Cl2N4O4. The molecule has 0 bridgehead atoms. The van der Waals surface area contributed by atoms with Crippen LogP contribution in [0.15, 0.2) is 60.7 Å². The first-order valence-corrected chi connectivity index (χ1v) is 12.2. The molecule has 10 heteroatoms. The molecule has 1 amide bonds. The number of methoxy groups -OCH3 is 2. The van der Waals surface area contributed by atoms with Crippen molar-refractivity contribution in [2.24, 2.45) is 5.92 Å². The maximum absolute atomic E-state index is 12.9. The molecule has 0 atom stereocenters. The lowest BCUT2D eigenvalue weighted by Crippen LogP contribution is -2.13. The molecule has 4 rings (SSSR count). The molecular weight excluding hydrogens is 515 g/mol. The molecule has 0 aliphatic carbocycles. The summed E-state index contributed by atoms with van der Waals surface area (Å²) in [5.74, 6) is 1.55. The Kier molecular flexibility index (Phi) is 8.21. The molecule has 1 N–H and O–H groups in total. The van der Waals surface area contributed by atoms with Gasteiger partial charge in [0.1, 0.15) is 11.5 Å². The summed E-state index contributed by atoms with van der Waals surface area (Å²) < 4.78 is 18.0. The van der Waals surface area contributed by atoms with E-state index < -0.39 is 0 Å². The Morgan fingerprint density at radius 2 is 1.73 bits per heavy atom. The Morgan fingerprint density at radius 1 is 0.973 bits per heavy atom. The molecule has 192 valence electrons. The van der Waals surface area contributed by atoms with Gasteiger partial charge in [0.15, 0.2) is 5.82 Å². The first kappa shape index (κ1) is 26.3. The largest absolute Gasteiger partial charge is 0.497 e. The van der Waals surface area contributed by atoms with Crippen LogP contribution < -0.4 is 19.5 Å². The Hall–Kier alpha value is -3.75. The number of halogens is 2.